The molecule has 2 saturated heterocycles. The molecule has 0 unspecified atom stereocenters. The molecule has 1 aromatic rings. The molecule has 3 rings (SSSR count). The van der Waals surface area contributed by atoms with Crippen LogP contribution in [0.4, 0.5) is 18.9 Å². The summed E-state index contributed by atoms with van der Waals surface area (Å²) in [5.41, 5.74) is 0.144. The first kappa shape index (κ1) is 18.0. The zero-order valence-electron chi connectivity index (χ0n) is 14.2. The Balaban J connectivity index is 1.50. The molecule has 1 N–H and O–H groups in total. The summed E-state index contributed by atoms with van der Waals surface area (Å²) < 4.78 is 37.9. The molecule has 7 heteroatoms. The predicted octanol–water partition coefficient (Wildman–Crippen LogP) is 2.74. The van der Waals surface area contributed by atoms with E-state index in [1.165, 1.54) is 12.1 Å². The Morgan fingerprint density at radius 2 is 1.64 bits per heavy atom. The number of hydrogen-bond acceptors (Lipinski definition) is 3. The third-order valence-corrected chi connectivity index (χ3v) is 5.11. The second-order valence-electron chi connectivity index (χ2n) is 6.81. The first-order chi connectivity index (χ1) is 11.9. The number of halogens is 3. The summed E-state index contributed by atoms with van der Waals surface area (Å²) in [6, 6.07) is 5.25. The monoisotopic (exact) mass is 355 g/mol. The Morgan fingerprint density at radius 1 is 1.04 bits per heavy atom. The minimum absolute atomic E-state index is 0.207. The van der Waals surface area contributed by atoms with Crippen LogP contribution in [0.5, 0.6) is 0 Å². The van der Waals surface area contributed by atoms with E-state index in [4.69, 9.17) is 0 Å². The van der Waals surface area contributed by atoms with E-state index in [1.807, 2.05) is 9.80 Å². The number of piperidine rings is 1. The van der Waals surface area contributed by atoms with Crippen LogP contribution in [0, 0.1) is 5.92 Å². The second-order valence-corrected chi connectivity index (χ2v) is 6.81. The number of amides is 1. The van der Waals surface area contributed by atoms with Crippen molar-refractivity contribution in [3.63, 3.8) is 0 Å². The van der Waals surface area contributed by atoms with Crippen LogP contribution in [0.2, 0.25) is 0 Å². The summed E-state index contributed by atoms with van der Waals surface area (Å²) in [5, 5.41) is 3.30. The average molecular weight is 355 g/mol. The van der Waals surface area contributed by atoms with Crippen molar-refractivity contribution in [2.75, 3.05) is 44.2 Å². The molecule has 2 heterocycles. The number of hydrogen-bond donors (Lipinski definition) is 1. The van der Waals surface area contributed by atoms with Gasteiger partial charge in [0.1, 0.15) is 0 Å². The number of piperazine rings is 1. The van der Waals surface area contributed by atoms with Crippen LogP contribution >= 0.6 is 0 Å². The van der Waals surface area contributed by atoms with Gasteiger partial charge in [-0.2, -0.15) is 13.2 Å². The maximum Gasteiger partial charge on any atom is 0.416 e. The maximum absolute atomic E-state index is 12.6. The molecule has 0 aromatic heterocycles. The fraction of sp³-hybridized carbons (Fsp3) is 0.611. The summed E-state index contributed by atoms with van der Waals surface area (Å²) in [4.78, 5) is 16.4. The molecule has 1 aromatic carbocycles. The SMILES string of the molecule is O=C(CC1CCNCC1)N1CCN(c2ccc(C(F)(F)F)cc2)CC1. The average Bonchev–Trinajstić information content (AvgIpc) is 2.62. The summed E-state index contributed by atoms with van der Waals surface area (Å²) >= 11 is 0. The third kappa shape index (κ3) is 4.66. The van der Waals surface area contributed by atoms with E-state index in [0.29, 0.717) is 38.5 Å². The van der Waals surface area contributed by atoms with Gasteiger partial charge in [-0.05, 0) is 56.1 Å². The number of carbonyl (C=O) groups excluding carboxylic acids is 1. The Bertz CT molecular complexity index is 574. The van der Waals surface area contributed by atoms with E-state index >= 15 is 0 Å². The molecular weight excluding hydrogens is 331 g/mol. The molecule has 1 amide bonds. The highest BCUT2D eigenvalue weighted by Crippen LogP contribution is 2.30. The zero-order chi connectivity index (χ0) is 17.9. The second kappa shape index (κ2) is 7.64. The number of nitrogens with zero attached hydrogens (tertiary/aromatic N) is 2. The summed E-state index contributed by atoms with van der Waals surface area (Å²) in [6.45, 7) is 4.54. The van der Waals surface area contributed by atoms with Crippen LogP contribution in [0.3, 0.4) is 0 Å². The number of anilines is 1. The number of nitrogens with one attached hydrogen (secondary N) is 1. The van der Waals surface area contributed by atoms with Crippen molar-refractivity contribution in [2.45, 2.75) is 25.4 Å². The van der Waals surface area contributed by atoms with Gasteiger partial charge >= 0.3 is 6.18 Å². The Labute approximate surface area is 146 Å². The number of alkyl halides is 3. The van der Waals surface area contributed by atoms with Crippen molar-refractivity contribution >= 4 is 11.6 Å². The summed E-state index contributed by atoms with van der Waals surface area (Å²) in [7, 11) is 0. The molecule has 0 bridgehead atoms. The van der Waals surface area contributed by atoms with Crippen LogP contribution < -0.4 is 10.2 Å². The molecule has 0 saturated carbocycles. The Kier molecular flexibility index (Phi) is 5.51. The minimum atomic E-state index is -4.31. The van der Waals surface area contributed by atoms with E-state index in [9.17, 15) is 18.0 Å². The lowest BCUT2D eigenvalue weighted by Gasteiger charge is -2.37. The van der Waals surface area contributed by atoms with Gasteiger partial charge in [0.15, 0.2) is 0 Å². The van der Waals surface area contributed by atoms with Crippen molar-refractivity contribution in [1.29, 1.82) is 0 Å². The largest absolute Gasteiger partial charge is 0.416 e. The molecule has 0 radical (unpaired) electrons. The normalized spacial score (nSPS) is 20.0. The lowest BCUT2D eigenvalue weighted by molar-refractivity contribution is -0.137. The molecule has 2 aliphatic heterocycles. The lowest BCUT2D eigenvalue weighted by atomic mass is 9.94. The van der Waals surface area contributed by atoms with Crippen LogP contribution in [0.1, 0.15) is 24.8 Å². The van der Waals surface area contributed by atoms with Crippen molar-refractivity contribution in [2.24, 2.45) is 5.92 Å². The van der Waals surface area contributed by atoms with Gasteiger partial charge in [-0.15, -0.1) is 0 Å². The van der Waals surface area contributed by atoms with Gasteiger partial charge in [-0.3, -0.25) is 4.79 Å². The standard InChI is InChI=1S/C18H24F3N3O/c19-18(20,21)15-1-3-16(4-2-15)23-9-11-24(12-10-23)17(25)13-14-5-7-22-8-6-14/h1-4,14,22H,5-13H2. The highest BCUT2D eigenvalue weighted by Gasteiger charge is 2.30. The topological polar surface area (TPSA) is 35.6 Å². The van der Waals surface area contributed by atoms with Crippen LogP contribution in [-0.4, -0.2) is 50.1 Å². The van der Waals surface area contributed by atoms with Gasteiger partial charge in [0.05, 0.1) is 5.56 Å². The van der Waals surface area contributed by atoms with E-state index in [1.54, 1.807) is 0 Å². The van der Waals surface area contributed by atoms with Crippen molar-refractivity contribution in [1.82, 2.24) is 10.2 Å². The minimum Gasteiger partial charge on any atom is -0.368 e. The Hall–Kier alpha value is -1.76. The molecule has 0 aliphatic carbocycles. The molecule has 2 aliphatic rings. The molecule has 2 fully saturated rings. The zero-order valence-corrected chi connectivity index (χ0v) is 14.2. The Morgan fingerprint density at radius 3 is 2.20 bits per heavy atom. The van der Waals surface area contributed by atoms with Crippen LogP contribution in [0.25, 0.3) is 0 Å². The molecule has 138 valence electrons. The van der Waals surface area contributed by atoms with Crippen molar-refractivity contribution < 1.29 is 18.0 Å². The van der Waals surface area contributed by atoms with Gasteiger partial charge < -0.3 is 15.1 Å². The molecule has 0 atom stereocenters. The van der Waals surface area contributed by atoms with Gasteiger partial charge in [0.2, 0.25) is 5.91 Å². The van der Waals surface area contributed by atoms with Gasteiger partial charge in [-0.25, -0.2) is 0 Å². The molecular formula is C18H24F3N3O. The van der Waals surface area contributed by atoms with Crippen LogP contribution in [0.15, 0.2) is 24.3 Å². The van der Waals surface area contributed by atoms with E-state index in [2.05, 4.69) is 5.32 Å². The predicted molar refractivity (Wildman–Crippen MR) is 90.4 cm³/mol. The fourth-order valence-electron chi connectivity index (χ4n) is 3.54. The third-order valence-electron chi connectivity index (χ3n) is 5.11. The first-order valence-corrected chi connectivity index (χ1v) is 8.84. The van der Waals surface area contributed by atoms with E-state index < -0.39 is 11.7 Å². The van der Waals surface area contributed by atoms with Crippen LogP contribution in [-0.2, 0) is 11.0 Å². The number of benzene rings is 1. The summed E-state index contributed by atoms with van der Waals surface area (Å²) in [5.74, 6) is 0.681. The van der Waals surface area contributed by atoms with Crippen molar-refractivity contribution in [3.8, 4) is 0 Å². The highest BCUT2D eigenvalue weighted by atomic mass is 19.4. The first-order valence-electron chi connectivity index (χ1n) is 8.84. The molecule has 0 spiro atoms. The van der Waals surface area contributed by atoms with Crippen molar-refractivity contribution in [3.05, 3.63) is 29.8 Å². The van der Waals surface area contributed by atoms with E-state index in [-0.39, 0.29) is 5.91 Å². The van der Waals surface area contributed by atoms with Gasteiger partial charge in [0.25, 0.3) is 0 Å². The molecule has 4 nitrogen and oxygen atoms in total. The maximum atomic E-state index is 12.6. The molecule has 25 heavy (non-hydrogen) atoms. The number of carbonyl (C=O) groups is 1. The summed E-state index contributed by atoms with van der Waals surface area (Å²) in [6.07, 6.45) is -1.59. The smallest absolute Gasteiger partial charge is 0.368 e. The highest BCUT2D eigenvalue weighted by molar-refractivity contribution is 5.76. The quantitative estimate of drug-likeness (QED) is 0.906. The lowest BCUT2D eigenvalue weighted by Crippen LogP contribution is -2.49. The van der Waals surface area contributed by atoms with Gasteiger partial charge in [-0.1, -0.05) is 0 Å². The van der Waals surface area contributed by atoms with Gasteiger partial charge in [0, 0.05) is 38.3 Å². The van der Waals surface area contributed by atoms with E-state index in [0.717, 1.165) is 43.8 Å². The number of rotatable bonds is 3. The fourth-order valence-corrected chi connectivity index (χ4v) is 3.54.